The van der Waals surface area contributed by atoms with Crippen molar-refractivity contribution in [2.75, 3.05) is 19.1 Å². The van der Waals surface area contributed by atoms with Gasteiger partial charge in [-0.15, -0.1) is 0 Å². The summed E-state index contributed by atoms with van der Waals surface area (Å²) in [5, 5.41) is 0.478. The number of hydrogen-bond acceptors (Lipinski definition) is 5. The third-order valence-corrected chi connectivity index (χ3v) is 3.21. The molecule has 0 N–H and O–H groups in total. The lowest BCUT2D eigenvalue weighted by atomic mass is 10.2. The van der Waals surface area contributed by atoms with Crippen molar-refractivity contribution in [1.82, 2.24) is 9.97 Å². The molecule has 0 aliphatic heterocycles. The Balaban J connectivity index is 2.40. The molecule has 0 atom stereocenters. The summed E-state index contributed by atoms with van der Waals surface area (Å²) in [7, 11) is 3.10. The molecule has 1 aromatic carbocycles. The highest BCUT2D eigenvalue weighted by atomic mass is 35.5. The SMILES string of the molecule is COC(=O)c1cc(N(C)c2ccnc(Cl)n2)ccc1Cl. The molecule has 0 spiro atoms. The van der Waals surface area contributed by atoms with Crippen LogP contribution in [0.15, 0.2) is 30.5 Å². The minimum absolute atomic E-state index is 0.150. The van der Waals surface area contributed by atoms with E-state index in [0.29, 0.717) is 16.4 Å². The van der Waals surface area contributed by atoms with Crippen LogP contribution in [0.2, 0.25) is 10.3 Å². The van der Waals surface area contributed by atoms with Gasteiger partial charge < -0.3 is 9.64 Å². The van der Waals surface area contributed by atoms with E-state index in [-0.39, 0.29) is 5.28 Å². The molecule has 2 rings (SSSR count). The highest BCUT2D eigenvalue weighted by Gasteiger charge is 2.14. The van der Waals surface area contributed by atoms with E-state index in [0.717, 1.165) is 5.69 Å². The minimum atomic E-state index is -0.494. The number of aromatic nitrogens is 2. The average molecular weight is 312 g/mol. The van der Waals surface area contributed by atoms with Gasteiger partial charge in [0.15, 0.2) is 0 Å². The monoisotopic (exact) mass is 311 g/mol. The van der Waals surface area contributed by atoms with Crippen LogP contribution >= 0.6 is 23.2 Å². The molecule has 0 bridgehead atoms. The molecular weight excluding hydrogens is 301 g/mol. The van der Waals surface area contributed by atoms with Gasteiger partial charge in [0, 0.05) is 18.9 Å². The molecule has 0 unspecified atom stereocenters. The fraction of sp³-hybridized carbons (Fsp3) is 0.154. The number of carbonyl (C=O) groups is 1. The third-order valence-electron chi connectivity index (χ3n) is 2.70. The number of anilines is 2. The fourth-order valence-electron chi connectivity index (χ4n) is 1.63. The van der Waals surface area contributed by atoms with Gasteiger partial charge in [-0.1, -0.05) is 11.6 Å². The molecule has 0 radical (unpaired) electrons. The molecule has 0 fully saturated rings. The number of halogens is 2. The Morgan fingerprint density at radius 3 is 2.70 bits per heavy atom. The summed E-state index contributed by atoms with van der Waals surface area (Å²) in [5.41, 5.74) is 1.02. The second kappa shape index (κ2) is 6.07. The summed E-state index contributed by atoms with van der Waals surface area (Å²) >= 11 is 11.7. The zero-order chi connectivity index (χ0) is 14.7. The van der Waals surface area contributed by atoms with Crippen LogP contribution in [-0.2, 0) is 4.74 Å². The summed E-state index contributed by atoms with van der Waals surface area (Å²) in [6.07, 6.45) is 1.55. The van der Waals surface area contributed by atoms with Crippen LogP contribution in [0.4, 0.5) is 11.5 Å². The van der Waals surface area contributed by atoms with E-state index in [1.807, 2.05) is 0 Å². The number of carbonyl (C=O) groups excluding carboxylic acids is 1. The Labute approximate surface area is 126 Å². The number of rotatable bonds is 3. The fourth-order valence-corrected chi connectivity index (χ4v) is 1.97. The minimum Gasteiger partial charge on any atom is -0.465 e. The molecule has 7 heteroatoms. The summed E-state index contributed by atoms with van der Waals surface area (Å²) in [6.45, 7) is 0. The Hall–Kier alpha value is -1.85. The molecule has 0 aliphatic carbocycles. The Morgan fingerprint density at radius 2 is 2.05 bits per heavy atom. The van der Waals surface area contributed by atoms with E-state index < -0.39 is 5.97 Å². The van der Waals surface area contributed by atoms with Gasteiger partial charge in [0.25, 0.3) is 0 Å². The molecule has 2 aromatic rings. The van der Waals surface area contributed by atoms with Crippen LogP contribution in [0.1, 0.15) is 10.4 Å². The van der Waals surface area contributed by atoms with Gasteiger partial charge in [0.2, 0.25) is 5.28 Å². The number of benzene rings is 1. The van der Waals surface area contributed by atoms with E-state index in [1.54, 1.807) is 42.4 Å². The molecule has 5 nitrogen and oxygen atoms in total. The first-order valence-electron chi connectivity index (χ1n) is 5.63. The van der Waals surface area contributed by atoms with Gasteiger partial charge >= 0.3 is 5.97 Å². The van der Waals surface area contributed by atoms with Gasteiger partial charge in [-0.25, -0.2) is 14.8 Å². The average Bonchev–Trinajstić information content (AvgIpc) is 2.46. The molecule has 0 amide bonds. The molecule has 104 valence electrons. The quantitative estimate of drug-likeness (QED) is 0.643. The lowest BCUT2D eigenvalue weighted by molar-refractivity contribution is 0.0601. The number of hydrogen-bond donors (Lipinski definition) is 0. The van der Waals surface area contributed by atoms with Gasteiger partial charge in [-0.2, -0.15) is 0 Å². The first-order chi connectivity index (χ1) is 9.52. The summed E-state index contributed by atoms with van der Waals surface area (Å²) in [6, 6.07) is 6.73. The molecule has 20 heavy (non-hydrogen) atoms. The van der Waals surface area contributed by atoms with Crippen molar-refractivity contribution in [3.05, 3.63) is 46.3 Å². The maximum atomic E-state index is 11.6. The number of nitrogens with zero attached hydrogens (tertiary/aromatic N) is 3. The van der Waals surface area contributed by atoms with Crippen molar-refractivity contribution in [3.8, 4) is 0 Å². The maximum absolute atomic E-state index is 11.6. The largest absolute Gasteiger partial charge is 0.465 e. The van der Waals surface area contributed by atoms with Crippen molar-refractivity contribution in [3.63, 3.8) is 0 Å². The van der Waals surface area contributed by atoms with Crippen molar-refractivity contribution in [1.29, 1.82) is 0 Å². The second-order valence-electron chi connectivity index (χ2n) is 3.90. The van der Waals surface area contributed by atoms with Gasteiger partial charge in [0.1, 0.15) is 5.82 Å². The third kappa shape index (κ3) is 3.00. The van der Waals surface area contributed by atoms with E-state index in [4.69, 9.17) is 23.2 Å². The van der Waals surface area contributed by atoms with E-state index in [9.17, 15) is 4.79 Å². The molecular formula is C13H11Cl2N3O2. The number of esters is 1. The lowest BCUT2D eigenvalue weighted by Crippen LogP contribution is -2.13. The van der Waals surface area contributed by atoms with E-state index in [2.05, 4.69) is 14.7 Å². The van der Waals surface area contributed by atoms with Crippen LogP contribution in [0, 0.1) is 0 Å². The van der Waals surface area contributed by atoms with E-state index >= 15 is 0 Å². The summed E-state index contributed by atoms with van der Waals surface area (Å²) < 4.78 is 4.69. The first-order valence-corrected chi connectivity index (χ1v) is 6.38. The second-order valence-corrected chi connectivity index (χ2v) is 4.64. The van der Waals surface area contributed by atoms with Crippen molar-refractivity contribution in [2.45, 2.75) is 0 Å². The van der Waals surface area contributed by atoms with Gasteiger partial charge in [-0.05, 0) is 35.9 Å². The standard InChI is InChI=1S/C13H11Cl2N3O2/c1-18(11-5-6-16-13(15)17-11)8-3-4-10(14)9(7-8)12(19)20-2/h3-7H,1-2H3. The highest BCUT2D eigenvalue weighted by molar-refractivity contribution is 6.33. The van der Waals surface area contributed by atoms with Crippen LogP contribution in [0.3, 0.4) is 0 Å². The topological polar surface area (TPSA) is 55.3 Å². The maximum Gasteiger partial charge on any atom is 0.339 e. The van der Waals surface area contributed by atoms with Crippen LogP contribution in [-0.4, -0.2) is 30.1 Å². The smallest absolute Gasteiger partial charge is 0.339 e. The summed E-state index contributed by atoms with van der Waals surface area (Å²) in [5.74, 6) is 0.106. The predicted octanol–water partition coefficient (Wildman–Crippen LogP) is 3.34. The molecule has 0 saturated carbocycles. The Morgan fingerprint density at radius 1 is 1.30 bits per heavy atom. The number of methoxy groups -OCH3 is 1. The van der Waals surface area contributed by atoms with E-state index in [1.165, 1.54) is 7.11 Å². The van der Waals surface area contributed by atoms with Crippen molar-refractivity contribution < 1.29 is 9.53 Å². The highest BCUT2D eigenvalue weighted by Crippen LogP contribution is 2.27. The van der Waals surface area contributed by atoms with Crippen molar-refractivity contribution in [2.24, 2.45) is 0 Å². The zero-order valence-corrected chi connectivity index (χ0v) is 12.3. The number of ether oxygens (including phenoxy) is 1. The van der Waals surface area contributed by atoms with Gasteiger partial charge in [0.05, 0.1) is 17.7 Å². The zero-order valence-electron chi connectivity index (χ0n) is 10.8. The van der Waals surface area contributed by atoms with Crippen LogP contribution in [0.25, 0.3) is 0 Å². The van der Waals surface area contributed by atoms with Crippen LogP contribution in [0.5, 0.6) is 0 Å². The Kier molecular flexibility index (Phi) is 4.42. The summed E-state index contributed by atoms with van der Waals surface area (Å²) in [4.78, 5) is 21.3. The van der Waals surface area contributed by atoms with Gasteiger partial charge in [-0.3, -0.25) is 0 Å². The normalized spacial score (nSPS) is 10.2. The van der Waals surface area contributed by atoms with Crippen LogP contribution < -0.4 is 4.90 Å². The molecule has 0 saturated heterocycles. The van der Waals surface area contributed by atoms with Crippen molar-refractivity contribution >= 4 is 40.7 Å². The lowest BCUT2D eigenvalue weighted by Gasteiger charge is -2.19. The first kappa shape index (κ1) is 14.6. The predicted molar refractivity (Wildman–Crippen MR) is 77.9 cm³/mol. The Bertz CT molecular complexity index is 649. The molecule has 1 heterocycles. The molecule has 1 aromatic heterocycles. The molecule has 0 aliphatic rings.